The maximum Gasteiger partial charge on any atom is 0.242 e. The van der Waals surface area contributed by atoms with E-state index in [0.29, 0.717) is 11.3 Å². The molecule has 1 aromatic heterocycles. The quantitative estimate of drug-likeness (QED) is 0.568. The van der Waals surface area contributed by atoms with Crippen molar-refractivity contribution < 1.29 is 9.59 Å². The molecule has 5 N–H and O–H groups in total. The number of fused-ring (bicyclic) bond motifs is 1. The Morgan fingerprint density at radius 1 is 1.28 bits per heavy atom. The van der Waals surface area contributed by atoms with E-state index in [1.54, 1.807) is 13.0 Å². The summed E-state index contributed by atoms with van der Waals surface area (Å²) < 4.78 is 0. The van der Waals surface area contributed by atoms with Crippen molar-refractivity contribution in [2.75, 3.05) is 0 Å². The van der Waals surface area contributed by atoms with E-state index in [-0.39, 0.29) is 12.4 Å². The Hall–Kier alpha value is -1.85. The largest absolute Gasteiger partial charge is 0.368 e. The fourth-order valence-electron chi connectivity index (χ4n) is 1.88. The minimum absolute atomic E-state index is 0. The Bertz CT molecular complexity index is 606. The summed E-state index contributed by atoms with van der Waals surface area (Å²) in [5, 5.41) is 0.756. The second kappa shape index (κ2) is 5.20. The molecule has 6 heteroatoms. The van der Waals surface area contributed by atoms with Crippen molar-refractivity contribution in [1.82, 2.24) is 4.98 Å². The van der Waals surface area contributed by atoms with Crippen LogP contribution in [0, 0.1) is 6.92 Å². The lowest BCUT2D eigenvalue weighted by atomic mass is 10.0. The summed E-state index contributed by atoms with van der Waals surface area (Å²) >= 11 is 0. The van der Waals surface area contributed by atoms with E-state index in [1.165, 1.54) is 0 Å². The number of nitrogens with one attached hydrogen (secondary N) is 1. The molecule has 18 heavy (non-hydrogen) atoms. The van der Waals surface area contributed by atoms with Gasteiger partial charge in [-0.3, -0.25) is 9.59 Å². The van der Waals surface area contributed by atoms with E-state index in [4.69, 9.17) is 11.5 Å². The van der Waals surface area contributed by atoms with Gasteiger partial charge in [-0.2, -0.15) is 0 Å². The molecule has 0 aliphatic rings. The average Bonchev–Trinajstić information content (AvgIpc) is 2.62. The molecule has 0 fully saturated rings. The minimum Gasteiger partial charge on any atom is -0.368 e. The molecule has 2 rings (SSSR count). The highest BCUT2D eigenvalue weighted by Crippen LogP contribution is 2.22. The number of carbonyl (C=O) groups is 2. The van der Waals surface area contributed by atoms with Crippen molar-refractivity contribution in [1.29, 1.82) is 0 Å². The lowest BCUT2D eigenvalue weighted by Crippen LogP contribution is -2.43. The van der Waals surface area contributed by atoms with E-state index < -0.39 is 17.7 Å². The molecule has 96 valence electrons. The summed E-state index contributed by atoms with van der Waals surface area (Å²) in [7, 11) is 0. The summed E-state index contributed by atoms with van der Waals surface area (Å²) in [5.74, 6) is -1.27. The van der Waals surface area contributed by atoms with Crippen LogP contribution in [0.25, 0.3) is 10.9 Å². The maximum atomic E-state index is 12.0. The summed E-state index contributed by atoms with van der Waals surface area (Å²) in [4.78, 5) is 26.1. The Morgan fingerprint density at radius 3 is 2.50 bits per heavy atom. The average molecular weight is 268 g/mol. The molecule has 1 unspecified atom stereocenters. The second-order valence-corrected chi connectivity index (χ2v) is 3.91. The Balaban J connectivity index is 0.00000162. The molecule has 1 amide bonds. The van der Waals surface area contributed by atoms with Crippen LogP contribution in [0.1, 0.15) is 16.1 Å². The van der Waals surface area contributed by atoms with E-state index in [9.17, 15) is 9.59 Å². The van der Waals surface area contributed by atoms with Crippen LogP contribution >= 0.6 is 12.4 Å². The molecule has 0 aliphatic carbocycles. The molecule has 0 saturated heterocycles. The Kier molecular flexibility index (Phi) is 4.11. The monoisotopic (exact) mass is 267 g/mol. The van der Waals surface area contributed by atoms with Crippen LogP contribution in [-0.4, -0.2) is 22.7 Å². The number of hydrogen-bond donors (Lipinski definition) is 3. The van der Waals surface area contributed by atoms with Crippen LogP contribution < -0.4 is 11.5 Å². The summed E-state index contributed by atoms with van der Waals surface area (Å²) in [6.45, 7) is 1.76. The van der Waals surface area contributed by atoms with E-state index in [0.717, 1.165) is 10.9 Å². The number of ketones is 1. The molecule has 1 atom stereocenters. The Labute approximate surface area is 110 Å². The highest BCUT2D eigenvalue weighted by atomic mass is 35.5. The Morgan fingerprint density at radius 2 is 1.89 bits per heavy atom. The van der Waals surface area contributed by atoms with Gasteiger partial charge < -0.3 is 16.5 Å². The van der Waals surface area contributed by atoms with Crippen LogP contribution in [0.5, 0.6) is 0 Å². The molecule has 1 heterocycles. The predicted molar refractivity (Wildman–Crippen MR) is 71.8 cm³/mol. The number of amides is 1. The van der Waals surface area contributed by atoms with Gasteiger partial charge in [0, 0.05) is 22.2 Å². The molecule has 1 aromatic carbocycles. The topological polar surface area (TPSA) is 102 Å². The van der Waals surface area contributed by atoms with Crippen molar-refractivity contribution in [2.24, 2.45) is 11.5 Å². The zero-order valence-corrected chi connectivity index (χ0v) is 10.6. The molecule has 0 saturated carbocycles. The van der Waals surface area contributed by atoms with Gasteiger partial charge in [0.25, 0.3) is 0 Å². The first-order valence-electron chi connectivity index (χ1n) is 5.18. The van der Waals surface area contributed by atoms with Gasteiger partial charge in [-0.25, -0.2) is 0 Å². The SMILES string of the molecule is Cc1[nH]c2ccccc2c1C(=O)C(N)C(N)=O.Cl. The van der Waals surface area contributed by atoms with Gasteiger partial charge in [-0.05, 0) is 13.0 Å². The third-order valence-corrected chi connectivity index (χ3v) is 2.73. The normalized spacial score (nSPS) is 11.9. The number of hydrogen-bond acceptors (Lipinski definition) is 3. The van der Waals surface area contributed by atoms with Gasteiger partial charge in [-0.15, -0.1) is 12.4 Å². The van der Waals surface area contributed by atoms with Crippen LogP contribution in [0.3, 0.4) is 0 Å². The molecule has 0 radical (unpaired) electrons. The van der Waals surface area contributed by atoms with Gasteiger partial charge in [0.2, 0.25) is 5.91 Å². The highest BCUT2D eigenvalue weighted by molar-refractivity contribution is 6.19. The van der Waals surface area contributed by atoms with Gasteiger partial charge in [0.05, 0.1) is 0 Å². The van der Waals surface area contributed by atoms with Crippen LogP contribution in [-0.2, 0) is 4.79 Å². The number of primary amides is 1. The number of aryl methyl sites for hydroxylation is 1. The molecule has 5 nitrogen and oxygen atoms in total. The molecule has 0 spiro atoms. The zero-order chi connectivity index (χ0) is 12.6. The number of benzene rings is 1. The highest BCUT2D eigenvalue weighted by Gasteiger charge is 2.25. The second-order valence-electron chi connectivity index (χ2n) is 3.91. The van der Waals surface area contributed by atoms with Gasteiger partial charge >= 0.3 is 0 Å². The smallest absolute Gasteiger partial charge is 0.242 e. The minimum atomic E-state index is -1.30. The number of nitrogens with two attached hydrogens (primary N) is 2. The van der Waals surface area contributed by atoms with Crippen LogP contribution in [0.15, 0.2) is 24.3 Å². The van der Waals surface area contributed by atoms with Gasteiger partial charge in [-0.1, -0.05) is 18.2 Å². The van der Waals surface area contributed by atoms with Crippen molar-refractivity contribution in [3.05, 3.63) is 35.5 Å². The first-order chi connectivity index (χ1) is 8.02. The first kappa shape index (κ1) is 14.2. The third kappa shape index (κ3) is 2.23. The third-order valence-electron chi connectivity index (χ3n) is 2.73. The summed E-state index contributed by atoms with van der Waals surface area (Å²) in [6.07, 6.45) is 0. The number of para-hydroxylation sites is 1. The summed E-state index contributed by atoms with van der Waals surface area (Å²) in [6, 6.07) is 6.05. The van der Waals surface area contributed by atoms with E-state index in [1.807, 2.05) is 18.2 Å². The number of Topliss-reactive ketones (excluding diaryl/α,β-unsaturated/α-hetero) is 1. The fraction of sp³-hybridized carbons (Fsp3) is 0.167. The van der Waals surface area contributed by atoms with Crippen molar-refractivity contribution in [2.45, 2.75) is 13.0 Å². The lowest BCUT2D eigenvalue weighted by molar-refractivity contribution is -0.118. The van der Waals surface area contributed by atoms with E-state index >= 15 is 0 Å². The molecule has 0 bridgehead atoms. The number of aromatic amines is 1. The number of carbonyl (C=O) groups excluding carboxylic acids is 2. The zero-order valence-electron chi connectivity index (χ0n) is 9.77. The van der Waals surface area contributed by atoms with Gasteiger partial charge in [0.15, 0.2) is 5.78 Å². The van der Waals surface area contributed by atoms with Gasteiger partial charge in [0.1, 0.15) is 6.04 Å². The number of H-pyrrole nitrogens is 1. The van der Waals surface area contributed by atoms with Crippen molar-refractivity contribution in [3.63, 3.8) is 0 Å². The van der Waals surface area contributed by atoms with Crippen LogP contribution in [0.4, 0.5) is 0 Å². The number of aromatic nitrogens is 1. The summed E-state index contributed by atoms with van der Waals surface area (Å²) in [5.41, 5.74) is 12.5. The fourth-order valence-corrected chi connectivity index (χ4v) is 1.88. The van der Waals surface area contributed by atoms with Crippen LogP contribution in [0.2, 0.25) is 0 Å². The molecule has 2 aromatic rings. The first-order valence-corrected chi connectivity index (χ1v) is 5.18. The molecule has 0 aliphatic heterocycles. The van der Waals surface area contributed by atoms with Crippen molar-refractivity contribution >= 4 is 35.0 Å². The lowest BCUT2D eigenvalue weighted by Gasteiger charge is -2.06. The molecular formula is C12H14ClN3O2. The van der Waals surface area contributed by atoms with Crippen molar-refractivity contribution in [3.8, 4) is 0 Å². The maximum absolute atomic E-state index is 12.0. The number of rotatable bonds is 3. The number of halogens is 1. The molecular weight excluding hydrogens is 254 g/mol. The standard InChI is InChI=1S/C12H13N3O2.ClH/c1-6-9(11(16)10(13)12(14)17)7-4-2-3-5-8(7)15-6;/h2-5,10,15H,13H2,1H3,(H2,14,17);1H. The van der Waals surface area contributed by atoms with E-state index in [2.05, 4.69) is 4.98 Å². The predicted octanol–water partition coefficient (Wildman–Crippen LogP) is 0.893.